The molecular formula is C11H13ClF4N2O2. The Hall–Kier alpha value is -1.38. The lowest BCUT2D eigenvalue weighted by Crippen LogP contribution is -2.39. The van der Waals surface area contributed by atoms with E-state index in [0.717, 1.165) is 6.07 Å². The molecule has 0 saturated carbocycles. The molecule has 1 unspecified atom stereocenters. The Kier molecular flexibility index (Phi) is 6.90. The van der Waals surface area contributed by atoms with Crippen LogP contribution in [0.1, 0.15) is 5.56 Å². The Bertz CT molecular complexity index is 468. The van der Waals surface area contributed by atoms with Gasteiger partial charge in [0.25, 0.3) is 0 Å². The second-order valence-electron chi connectivity index (χ2n) is 3.74. The molecule has 0 spiro atoms. The fourth-order valence-corrected chi connectivity index (χ4v) is 1.31. The summed E-state index contributed by atoms with van der Waals surface area (Å²) >= 11 is 0. The number of anilines is 1. The summed E-state index contributed by atoms with van der Waals surface area (Å²) in [5.41, 5.74) is 3.75. The van der Waals surface area contributed by atoms with Crippen molar-refractivity contribution in [2.24, 2.45) is 5.73 Å². The zero-order valence-electron chi connectivity index (χ0n) is 10.3. The van der Waals surface area contributed by atoms with Gasteiger partial charge in [0.1, 0.15) is 11.9 Å². The van der Waals surface area contributed by atoms with Crippen LogP contribution in [0.3, 0.4) is 0 Å². The number of hydrogen-bond donors (Lipinski definition) is 2. The maximum Gasteiger partial charge on any atom is 0.419 e. The van der Waals surface area contributed by atoms with Crippen LogP contribution >= 0.6 is 12.4 Å². The van der Waals surface area contributed by atoms with Gasteiger partial charge >= 0.3 is 6.18 Å². The van der Waals surface area contributed by atoms with Gasteiger partial charge in [0.2, 0.25) is 5.91 Å². The number of hydrogen-bond acceptors (Lipinski definition) is 3. The van der Waals surface area contributed by atoms with E-state index in [1.165, 1.54) is 7.11 Å². The normalized spacial score (nSPS) is 12.5. The molecule has 1 rings (SSSR count). The van der Waals surface area contributed by atoms with Crippen LogP contribution in [-0.2, 0) is 15.7 Å². The number of carbonyl (C=O) groups excluding carboxylic acids is 1. The Morgan fingerprint density at radius 3 is 2.55 bits per heavy atom. The topological polar surface area (TPSA) is 64.3 Å². The van der Waals surface area contributed by atoms with Crippen LogP contribution in [-0.4, -0.2) is 25.7 Å². The molecule has 1 aromatic carbocycles. The second-order valence-corrected chi connectivity index (χ2v) is 3.74. The van der Waals surface area contributed by atoms with E-state index in [1.807, 2.05) is 0 Å². The number of amides is 1. The molecule has 114 valence electrons. The quantitative estimate of drug-likeness (QED) is 0.837. The number of carbonyl (C=O) groups is 1. The highest BCUT2D eigenvalue weighted by molar-refractivity contribution is 5.94. The van der Waals surface area contributed by atoms with Crippen molar-refractivity contribution in [2.75, 3.05) is 19.0 Å². The third kappa shape index (κ3) is 4.95. The standard InChI is InChI=1S/C11H12F4N2O2.ClH/c1-19-5-9(16)10(18)17-6-2-3-8(12)7(4-6)11(13,14)15;/h2-4,9H,5,16H2,1H3,(H,17,18);1H. The van der Waals surface area contributed by atoms with Crippen molar-refractivity contribution in [3.63, 3.8) is 0 Å². The van der Waals surface area contributed by atoms with E-state index in [2.05, 4.69) is 10.1 Å². The average molecular weight is 317 g/mol. The summed E-state index contributed by atoms with van der Waals surface area (Å²) in [4.78, 5) is 11.5. The highest BCUT2D eigenvalue weighted by atomic mass is 35.5. The van der Waals surface area contributed by atoms with Crippen molar-refractivity contribution < 1.29 is 27.1 Å². The molecular weight excluding hydrogens is 304 g/mol. The van der Waals surface area contributed by atoms with Gasteiger partial charge in [-0.1, -0.05) is 0 Å². The summed E-state index contributed by atoms with van der Waals surface area (Å²) in [5.74, 6) is -2.13. The van der Waals surface area contributed by atoms with Crippen LogP contribution in [0.15, 0.2) is 18.2 Å². The van der Waals surface area contributed by atoms with E-state index in [-0.39, 0.29) is 24.7 Å². The molecule has 0 saturated heterocycles. The molecule has 0 bridgehead atoms. The van der Waals surface area contributed by atoms with E-state index in [0.29, 0.717) is 12.1 Å². The molecule has 4 nitrogen and oxygen atoms in total. The number of nitrogens with one attached hydrogen (secondary N) is 1. The van der Waals surface area contributed by atoms with Crippen molar-refractivity contribution in [3.8, 4) is 0 Å². The molecule has 0 aliphatic carbocycles. The monoisotopic (exact) mass is 316 g/mol. The molecule has 0 aromatic heterocycles. The zero-order chi connectivity index (χ0) is 14.6. The van der Waals surface area contributed by atoms with Crippen LogP contribution < -0.4 is 11.1 Å². The number of rotatable bonds is 4. The maximum absolute atomic E-state index is 13.0. The van der Waals surface area contributed by atoms with Crippen molar-refractivity contribution in [3.05, 3.63) is 29.6 Å². The van der Waals surface area contributed by atoms with Gasteiger partial charge in [-0.05, 0) is 18.2 Å². The van der Waals surface area contributed by atoms with Gasteiger partial charge in [-0.15, -0.1) is 12.4 Å². The molecule has 1 amide bonds. The van der Waals surface area contributed by atoms with Gasteiger partial charge in [-0.25, -0.2) is 4.39 Å². The lowest BCUT2D eigenvalue weighted by molar-refractivity contribution is -0.140. The second kappa shape index (κ2) is 7.41. The molecule has 0 aliphatic rings. The number of halogens is 5. The first-order valence-corrected chi connectivity index (χ1v) is 5.18. The number of benzene rings is 1. The van der Waals surface area contributed by atoms with Gasteiger partial charge in [-0.2, -0.15) is 13.2 Å². The molecule has 20 heavy (non-hydrogen) atoms. The SMILES string of the molecule is COCC(N)C(=O)Nc1ccc(F)c(C(F)(F)F)c1.Cl. The van der Waals surface area contributed by atoms with E-state index in [9.17, 15) is 22.4 Å². The summed E-state index contributed by atoms with van der Waals surface area (Å²) in [6.45, 7) is -0.0842. The van der Waals surface area contributed by atoms with Crippen LogP contribution in [0.2, 0.25) is 0 Å². The average Bonchev–Trinajstić information content (AvgIpc) is 2.30. The van der Waals surface area contributed by atoms with Crippen molar-refractivity contribution in [1.29, 1.82) is 0 Å². The van der Waals surface area contributed by atoms with Gasteiger partial charge in [0.15, 0.2) is 0 Å². The third-order valence-corrected chi connectivity index (χ3v) is 2.22. The minimum Gasteiger partial charge on any atom is -0.383 e. The predicted molar refractivity (Wildman–Crippen MR) is 67.1 cm³/mol. The Balaban J connectivity index is 0.00000361. The number of alkyl halides is 3. The zero-order valence-corrected chi connectivity index (χ0v) is 11.1. The van der Waals surface area contributed by atoms with Crippen molar-refractivity contribution in [1.82, 2.24) is 0 Å². The van der Waals surface area contributed by atoms with Crippen molar-refractivity contribution >= 4 is 24.0 Å². The molecule has 1 atom stereocenters. The molecule has 0 heterocycles. The van der Waals surface area contributed by atoms with E-state index < -0.39 is 29.5 Å². The third-order valence-electron chi connectivity index (χ3n) is 2.22. The fourth-order valence-electron chi connectivity index (χ4n) is 1.31. The van der Waals surface area contributed by atoms with Gasteiger partial charge in [0.05, 0.1) is 12.2 Å². The predicted octanol–water partition coefficient (Wildman–Crippen LogP) is 2.18. The smallest absolute Gasteiger partial charge is 0.383 e. The summed E-state index contributed by atoms with van der Waals surface area (Å²) < 4.78 is 55.0. The maximum atomic E-state index is 13.0. The van der Waals surface area contributed by atoms with Gasteiger partial charge in [-0.3, -0.25) is 4.79 Å². The highest BCUT2D eigenvalue weighted by Crippen LogP contribution is 2.32. The Labute approximate surface area is 118 Å². The Morgan fingerprint density at radius 1 is 1.45 bits per heavy atom. The number of ether oxygens (including phenoxy) is 1. The summed E-state index contributed by atoms with van der Waals surface area (Å²) in [6, 6.07) is 1.12. The molecule has 3 N–H and O–H groups in total. The summed E-state index contributed by atoms with van der Waals surface area (Å²) in [5, 5.41) is 2.16. The van der Waals surface area contributed by atoms with Crippen LogP contribution in [0.5, 0.6) is 0 Å². The van der Waals surface area contributed by atoms with Crippen LogP contribution in [0.25, 0.3) is 0 Å². The highest BCUT2D eigenvalue weighted by Gasteiger charge is 2.34. The number of nitrogens with two attached hydrogens (primary N) is 1. The summed E-state index contributed by atoms with van der Waals surface area (Å²) in [6.07, 6.45) is -4.83. The molecule has 1 aromatic rings. The molecule has 0 aliphatic heterocycles. The Morgan fingerprint density at radius 2 is 2.05 bits per heavy atom. The first kappa shape index (κ1) is 18.6. The van der Waals surface area contributed by atoms with Crippen LogP contribution in [0.4, 0.5) is 23.2 Å². The van der Waals surface area contributed by atoms with Gasteiger partial charge < -0.3 is 15.8 Å². The molecule has 0 fully saturated rings. The van der Waals surface area contributed by atoms with E-state index >= 15 is 0 Å². The van der Waals surface area contributed by atoms with E-state index in [4.69, 9.17) is 5.73 Å². The van der Waals surface area contributed by atoms with E-state index in [1.54, 1.807) is 0 Å². The summed E-state index contributed by atoms with van der Waals surface area (Å²) in [7, 11) is 1.33. The lowest BCUT2D eigenvalue weighted by atomic mass is 10.1. The molecule has 0 radical (unpaired) electrons. The first-order chi connectivity index (χ1) is 8.75. The largest absolute Gasteiger partial charge is 0.419 e. The lowest BCUT2D eigenvalue weighted by Gasteiger charge is -2.13. The van der Waals surface area contributed by atoms with Crippen LogP contribution in [0, 0.1) is 5.82 Å². The first-order valence-electron chi connectivity index (χ1n) is 5.18. The molecule has 9 heteroatoms. The van der Waals surface area contributed by atoms with Gasteiger partial charge in [0, 0.05) is 12.8 Å². The number of methoxy groups -OCH3 is 1. The minimum absolute atomic E-state index is 0. The van der Waals surface area contributed by atoms with Crippen molar-refractivity contribution in [2.45, 2.75) is 12.2 Å². The fraction of sp³-hybridized carbons (Fsp3) is 0.364. The minimum atomic E-state index is -4.83.